The lowest BCUT2D eigenvalue weighted by Gasteiger charge is -2.19. The third-order valence-electron chi connectivity index (χ3n) is 2.73. The average Bonchev–Trinajstić information content (AvgIpc) is 2.36. The Balaban J connectivity index is 0.00000361. The van der Waals surface area contributed by atoms with Crippen molar-refractivity contribution in [2.45, 2.75) is 45.8 Å². The molecule has 1 atom stereocenters. The molecule has 5 heteroatoms. The lowest BCUT2D eigenvalue weighted by molar-refractivity contribution is 0.0946. The van der Waals surface area contributed by atoms with Gasteiger partial charge in [-0.25, -0.2) is 0 Å². The highest BCUT2D eigenvalue weighted by molar-refractivity contribution is 5.94. The first kappa shape index (κ1) is 18.7. The Hall–Kier alpha value is -1.26. The fourth-order valence-corrected chi connectivity index (χ4v) is 1.41. The second-order valence-electron chi connectivity index (χ2n) is 5.53. The molecule has 3 N–H and O–H groups in total. The van der Waals surface area contributed by atoms with Crippen LogP contribution in [0, 0.1) is 0 Å². The molecule has 0 aromatic heterocycles. The second-order valence-corrected chi connectivity index (χ2v) is 5.53. The molecule has 1 rings (SSSR count). The molecule has 1 aromatic carbocycles. The van der Waals surface area contributed by atoms with Gasteiger partial charge in [-0.05, 0) is 51.5 Å². The number of carbonyl (C=O) groups is 1. The highest BCUT2D eigenvalue weighted by atomic mass is 35.5. The highest BCUT2D eigenvalue weighted by Gasteiger charge is 2.13. The largest absolute Gasteiger partial charge is 0.491 e. The van der Waals surface area contributed by atoms with E-state index in [-0.39, 0.29) is 24.4 Å². The SMILES string of the molecule is CCC(C)Oc1ccc(C(=O)NCC(C)(C)N)cc1.Cl. The summed E-state index contributed by atoms with van der Waals surface area (Å²) in [5.41, 5.74) is 6.03. The third-order valence-corrected chi connectivity index (χ3v) is 2.73. The van der Waals surface area contributed by atoms with E-state index in [2.05, 4.69) is 12.2 Å². The van der Waals surface area contributed by atoms with Crippen LogP contribution in [0.2, 0.25) is 0 Å². The molecule has 0 saturated heterocycles. The van der Waals surface area contributed by atoms with Crippen molar-refractivity contribution in [2.24, 2.45) is 5.73 Å². The van der Waals surface area contributed by atoms with Crippen molar-refractivity contribution in [1.29, 1.82) is 0 Å². The number of nitrogens with one attached hydrogen (secondary N) is 1. The van der Waals surface area contributed by atoms with Gasteiger partial charge in [0.05, 0.1) is 6.10 Å². The van der Waals surface area contributed by atoms with Crippen molar-refractivity contribution in [2.75, 3.05) is 6.54 Å². The van der Waals surface area contributed by atoms with E-state index < -0.39 is 5.54 Å². The van der Waals surface area contributed by atoms with E-state index >= 15 is 0 Å². The summed E-state index contributed by atoms with van der Waals surface area (Å²) in [6, 6.07) is 7.15. The van der Waals surface area contributed by atoms with Crippen LogP contribution in [-0.4, -0.2) is 24.1 Å². The molecular formula is C15H25ClN2O2. The average molecular weight is 301 g/mol. The number of benzene rings is 1. The molecule has 1 unspecified atom stereocenters. The van der Waals surface area contributed by atoms with Crippen LogP contribution in [0.1, 0.15) is 44.5 Å². The summed E-state index contributed by atoms with van der Waals surface area (Å²) in [6.07, 6.45) is 1.13. The maximum atomic E-state index is 11.9. The molecule has 114 valence electrons. The van der Waals surface area contributed by atoms with Gasteiger partial charge >= 0.3 is 0 Å². The third kappa shape index (κ3) is 6.78. The van der Waals surface area contributed by atoms with E-state index in [9.17, 15) is 4.79 Å². The molecule has 0 aliphatic rings. The zero-order chi connectivity index (χ0) is 14.5. The first-order valence-electron chi connectivity index (χ1n) is 6.65. The van der Waals surface area contributed by atoms with Gasteiger partial charge in [-0.3, -0.25) is 4.79 Å². The molecule has 0 aliphatic carbocycles. The maximum Gasteiger partial charge on any atom is 0.251 e. The van der Waals surface area contributed by atoms with Crippen LogP contribution >= 0.6 is 12.4 Å². The summed E-state index contributed by atoms with van der Waals surface area (Å²) in [6.45, 7) is 8.27. The quantitative estimate of drug-likeness (QED) is 0.849. The lowest BCUT2D eigenvalue weighted by atomic mass is 10.1. The Morgan fingerprint density at radius 2 is 1.90 bits per heavy atom. The smallest absolute Gasteiger partial charge is 0.251 e. The summed E-state index contributed by atoms with van der Waals surface area (Å²) in [5.74, 6) is 0.665. The highest BCUT2D eigenvalue weighted by Crippen LogP contribution is 2.14. The molecule has 0 heterocycles. The predicted molar refractivity (Wildman–Crippen MR) is 84.7 cm³/mol. The van der Waals surface area contributed by atoms with Crippen molar-refractivity contribution < 1.29 is 9.53 Å². The minimum absolute atomic E-state index is 0. The molecule has 0 saturated carbocycles. The Kier molecular flexibility index (Phi) is 7.61. The fourth-order valence-electron chi connectivity index (χ4n) is 1.41. The van der Waals surface area contributed by atoms with Crippen LogP contribution < -0.4 is 15.8 Å². The van der Waals surface area contributed by atoms with Crippen LogP contribution in [-0.2, 0) is 0 Å². The number of halogens is 1. The molecule has 0 spiro atoms. The first-order valence-corrected chi connectivity index (χ1v) is 6.65. The van der Waals surface area contributed by atoms with Crippen LogP contribution in [0.25, 0.3) is 0 Å². The van der Waals surface area contributed by atoms with Gasteiger partial charge in [0.15, 0.2) is 0 Å². The van der Waals surface area contributed by atoms with Crippen molar-refractivity contribution in [3.05, 3.63) is 29.8 Å². The molecule has 1 aromatic rings. The standard InChI is InChI=1S/C15H24N2O2.ClH/c1-5-11(2)19-13-8-6-12(7-9-13)14(18)17-10-15(3,4)16;/h6-9,11H,5,10,16H2,1-4H3,(H,17,18);1H. The zero-order valence-corrected chi connectivity index (χ0v) is 13.4. The van der Waals surface area contributed by atoms with Crippen LogP contribution in [0.4, 0.5) is 0 Å². The van der Waals surface area contributed by atoms with Gasteiger partial charge in [-0.2, -0.15) is 0 Å². The van der Waals surface area contributed by atoms with Crippen molar-refractivity contribution in [3.8, 4) is 5.75 Å². The van der Waals surface area contributed by atoms with E-state index in [4.69, 9.17) is 10.5 Å². The van der Waals surface area contributed by atoms with Gasteiger partial charge in [0, 0.05) is 17.6 Å². The lowest BCUT2D eigenvalue weighted by Crippen LogP contribution is -2.45. The Morgan fingerprint density at radius 1 is 1.35 bits per heavy atom. The molecule has 0 radical (unpaired) electrons. The topological polar surface area (TPSA) is 64.3 Å². The van der Waals surface area contributed by atoms with E-state index in [0.29, 0.717) is 12.1 Å². The molecule has 0 bridgehead atoms. The number of carbonyl (C=O) groups excluding carboxylic acids is 1. The molecule has 0 fully saturated rings. The summed E-state index contributed by atoms with van der Waals surface area (Å²) < 4.78 is 5.66. The fraction of sp³-hybridized carbons (Fsp3) is 0.533. The van der Waals surface area contributed by atoms with Crippen molar-refractivity contribution in [1.82, 2.24) is 5.32 Å². The monoisotopic (exact) mass is 300 g/mol. The number of nitrogens with two attached hydrogens (primary N) is 1. The van der Waals surface area contributed by atoms with Gasteiger partial charge in [-0.15, -0.1) is 12.4 Å². The Labute approximate surface area is 127 Å². The summed E-state index contributed by atoms with van der Waals surface area (Å²) in [5, 5.41) is 2.81. The summed E-state index contributed by atoms with van der Waals surface area (Å²) in [7, 11) is 0. The van der Waals surface area contributed by atoms with Gasteiger partial charge < -0.3 is 15.8 Å². The summed E-state index contributed by atoms with van der Waals surface area (Å²) >= 11 is 0. The van der Waals surface area contributed by atoms with Gasteiger partial charge in [0.1, 0.15) is 5.75 Å². The Bertz CT molecular complexity index is 413. The molecule has 1 amide bonds. The number of rotatable bonds is 6. The Morgan fingerprint density at radius 3 is 2.35 bits per heavy atom. The van der Waals surface area contributed by atoms with E-state index in [1.54, 1.807) is 12.1 Å². The maximum absolute atomic E-state index is 11.9. The molecule has 4 nitrogen and oxygen atoms in total. The van der Waals surface area contributed by atoms with Crippen LogP contribution in [0.15, 0.2) is 24.3 Å². The second kappa shape index (κ2) is 8.12. The molecule has 0 aliphatic heterocycles. The molecular weight excluding hydrogens is 276 g/mol. The van der Waals surface area contributed by atoms with E-state index in [1.807, 2.05) is 32.9 Å². The number of hydrogen-bond acceptors (Lipinski definition) is 3. The predicted octanol–water partition coefficient (Wildman–Crippen LogP) is 2.75. The number of ether oxygens (including phenoxy) is 1. The van der Waals surface area contributed by atoms with E-state index in [0.717, 1.165) is 12.2 Å². The minimum Gasteiger partial charge on any atom is -0.491 e. The van der Waals surface area contributed by atoms with Crippen LogP contribution in [0.5, 0.6) is 5.75 Å². The number of amides is 1. The van der Waals surface area contributed by atoms with Crippen LogP contribution in [0.3, 0.4) is 0 Å². The van der Waals surface area contributed by atoms with Gasteiger partial charge in [0.2, 0.25) is 0 Å². The minimum atomic E-state index is -0.407. The normalized spacial score (nSPS) is 12.2. The molecule has 20 heavy (non-hydrogen) atoms. The van der Waals surface area contributed by atoms with Crippen molar-refractivity contribution >= 4 is 18.3 Å². The summed E-state index contributed by atoms with van der Waals surface area (Å²) in [4.78, 5) is 11.9. The van der Waals surface area contributed by atoms with Gasteiger partial charge in [0.25, 0.3) is 5.91 Å². The van der Waals surface area contributed by atoms with Crippen molar-refractivity contribution in [3.63, 3.8) is 0 Å². The number of hydrogen-bond donors (Lipinski definition) is 2. The zero-order valence-electron chi connectivity index (χ0n) is 12.6. The van der Waals surface area contributed by atoms with E-state index in [1.165, 1.54) is 0 Å². The first-order chi connectivity index (χ1) is 8.81. The van der Waals surface area contributed by atoms with Gasteiger partial charge in [-0.1, -0.05) is 6.92 Å².